The van der Waals surface area contributed by atoms with Gasteiger partial charge in [-0.1, -0.05) is 102 Å². The lowest BCUT2D eigenvalue weighted by molar-refractivity contribution is 0.928. The minimum atomic E-state index is -0.258. The van der Waals surface area contributed by atoms with Gasteiger partial charge in [-0.3, -0.25) is 4.79 Å². The highest BCUT2D eigenvalue weighted by atomic mass is 35.5. The fraction of sp³-hybridized carbons (Fsp3) is 0. The number of nitrogens with zero attached hydrogens (tertiary/aromatic N) is 5. The molecule has 0 saturated carbocycles. The maximum atomic E-state index is 13.0. The number of thiazole rings is 1. The summed E-state index contributed by atoms with van der Waals surface area (Å²) < 4.78 is 1.80. The van der Waals surface area contributed by atoms with E-state index in [9.17, 15) is 4.79 Å². The molecule has 0 fully saturated rings. The highest BCUT2D eigenvalue weighted by Crippen LogP contribution is 2.26. The van der Waals surface area contributed by atoms with E-state index in [0.717, 1.165) is 28.1 Å². The van der Waals surface area contributed by atoms with Crippen LogP contribution in [0.1, 0.15) is 5.56 Å². The Hall–Kier alpha value is -4.20. The van der Waals surface area contributed by atoms with E-state index in [1.165, 1.54) is 15.9 Å². The molecule has 3 aromatic carbocycles. The van der Waals surface area contributed by atoms with Gasteiger partial charge in [0.25, 0.3) is 5.56 Å². The van der Waals surface area contributed by atoms with Crippen LogP contribution in [0.3, 0.4) is 0 Å². The van der Waals surface area contributed by atoms with E-state index in [1.807, 2.05) is 84.9 Å². The van der Waals surface area contributed by atoms with Crippen molar-refractivity contribution < 1.29 is 0 Å². The van der Waals surface area contributed by atoms with Crippen molar-refractivity contribution in [3.8, 4) is 34.2 Å². The molecule has 6 rings (SSSR count). The molecule has 3 heterocycles. The average Bonchev–Trinajstić information content (AvgIpc) is 3.45. The van der Waals surface area contributed by atoms with Gasteiger partial charge in [-0.25, -0.2) is 9.97 Å². The Bertz CT molecular complexity index is 1720. The summed E-state index contributed by atoms with van der Waals surface area (Å²) in [4.78, 5) is 27.5. The fourth-order valence-electron chi connectivity index (χ4n) is 3.72. The van der Waals surface area contributed by atoms with Crippen LogP contribution in [0.5, 0.6) is 0 Å². The molecule has 8 heteroatoms. The Labute approximate surface area is 208 Å². The van der Waals surface area contributed by atoms with Gasteiger partial charge in [-0.15, -0.1) is 5.10 Å². The number of benzene rings is 3. The van der Waals surface area contributed by atoms with Gasteiger partial charge in [-0.05, 0) is 23.8 Å². The van der Waals surface area contributed by atoms with Gasteiger partial charge in [0.15, 0.2) is 0 Å². The van der Waals surface area contributed by atoms with Crippen LogP contribution in [-0.4, -0.2) is 24.6 Å². The first-order chi connectivity index (χ1) is 17.2. The molecule has 0 aliphatic rings. The lowest BCUT2D eigenvalue weighted by Crippen LogP contribution is -2.23. The Morgan fingerprint density at radius 3 is 1.94 bits per heavy atom. The maximum Gasteiger partial charge on any atom is 0.291 e. The summed E-state index contributed by atoms with van der Waals surface area (Å²) in [6.07, 6.45) is 1.76. The minimum Gasteiger partial charge on any atom is -0.266 e. The molecule has 168 valence electrons. The van der Waals surface area contributed by atoms with Crippen LogP contribution in [-0.2, 0) is 0 Å². The van der Waals surface area contributed by atoms with Crippen molar-refractivity contribution in [2.75, 3.05) is 0 Å². The summed E-state index contributed by atoms with van der Waals surface area (Å²) in [5, 5.41) is 5.04. The van der Waals surface area contributed by atoms with Crippen molar-refractivity contribution in [1.29, 1.82) is 0 Å². The van der Waals surface area contributed by atoms with Crippen LogP contribution in [0.25, 0.3) is 45.2 Å². The first-order valence-corrected chi connectivity index (χ1v) is 12.0. The third-order valence-corrected chi connectivity index (χ3v) is 6.74. The van der Waals surface area contributed by atoms with Gasteiger partial charge in [0.2, 0.25) is 16.6 Å². The van der Waals surface area contributed by atoms with Crippen molar-refractivity contribution in [1.82, 2.24) is 24.6 Å². The predicted octanol–water partition coefficient (Wildman–Crippen LogP) is 5.14. The monoisotopic (exact) mass is 493 g/mol. The summed E-state index contributed by atoms with van der Waals surface area (Å²) >= 11 is 7.50. The van der Waals surface area contributed by atoms with E-state index in [2.05, 4.69) is 10.1 Å². The fourth-order valence-corrected chi connectivity index (χ4v) is 4.81. The van der Waals surface area contributed by atoms with Crippen LogP contribution in [0, 0.1) is 0 Å². The number of fused-ring (bicyclic) bond motifs is 1. The number of rotatable bonds is 4. The van der Waals surface area contributed by atoms with Crippen LogP contribution < -0.4 is 10.1 Å². The second-order valence-corrected chi connectivity index (χ2v) is 9.18. The molecule has 0 bridgehead atoms. The molecule has 6 nitrogen and oxygen atoms in total. The summed E-state index contributed by atoms with van der Waals surface area (Å²) in [5.41, 5.74) is 3.92. The normalized spacial score (nSPS) is 11.9. The number of hydrogen-bond acceptors (Lipinski definition) is 6. The topological polar surface area (TPSA) is 73.0 Å². The summed E-state index contributed by atoms with van der Waals surface area (Å²) in [5.74, 6) is 0.657. The van der Waals surface area contributed by atoms with E-state index >= 15 is 0 Å². The lowest BCUT2D eigenvalue weighted by atomic mass is 10.1. The van der Waals surface area contributed by atoms with Gasteiger partial charge in [0, 0.05) is 16.1 Å². The molecule has 0 amide bonds. The second-order valence-electron chi connectivity index (χ2n) is 7.76. The molecule has 0 saturated heterocycles. The maximum absolute atomic E-state index is 13.0. The van der Waals surface area contributed by atoms with Crippen LogP contribution >= 0.6 is 22.9 Å². The Morgan fingerprint density at radius 1 is 0.743 bits per heavy atom. The molecule has 0 N–H and O–H groups in total. The van der Waals surface area contributed by atoms with Crippen LogP contribution in [0.4, 0.5) is 0 Å². The largest absolute Gasteiger partial charge is 0.291 e. The molecule has 6 aromatic rings. The van der Waals surface area contributed by atoms with Crippen molar-refractivity contribution >= 4 is 34.0 Å². The Morgan fingerprint density at radius 2 is 1.34 bits per heavy atom. The predicted molar refractivity (Wildman–Crippen MR) is 139 cm³/mol. The van der Waals surface area contributed by atoms with E-state index in [-0.39, 0.29) is 5.56 Å². The number of hydrogen-bond donors (Lipinski definition) is 0. The molecule has 3 aromatic heterocycles. The van der Waals surface area contributed by atoms with Crippen LogP contribution in [0.15, 0.2) is 95.8 Å². The first kappa shape index (κ1) is 21.3. The SMILES string of the molecule is O=c1/c(=C\c2ccccc2Cl)sc2nc(-c3nc(-c4ccccc4)cc(-c4ccccc4)n3)nn12. The molecular formula is C27H16ClN5OS. The van der Waals surface area contributed by atoms with E-state index in [1.54, 1.807) is 12.1 Å². The van der Waals surface area contributed by atoms with Gasteiger partial charge in [0.1, 0.15) is 0 Å². The quantitative estimate of drug-likeness (QED) is 0.340. The number of halogens is 1. The standard InChI is InChI=1S/C27H16ClN5OS/c28-20-14-8-7-13-19(20)15-23-26(34)33-27(35-23)31-25(32-33)24-29-21(17-9-3-1-4-10-17)16-22(30-24)18-11-5-2-6-12-18/h1-16H/b23-15+. The molecule has 0 aliphatic heterocycles. The smallest absolute Gasteiger partial charge is 0.266 e. The third kappa shape index (κ3) is 4.12. The summed E-state index contributed by atoms with van der Waals surface area (Å²) in [6, 6.07) is 29.1. The molecule has 0 unspecified atom stereocenters. The molecule has 35 heavy (non-hydrogen) atoms. The van der Waals surface area contributed by atoms with E-state index in [0.29, 0.717) is 26.2 Å². The molecule has 0 spiro atoms. The highest BCUT2D eigenvalue weighted by Gasteiger charge is 2.17. The molecule has 0 atom stereocenters. The average molecular weight is 494 g/mol. The van der Waals surface area contributed by atoms with Crippen molar-refractivity contribution in [2.45, 2.75) is 0 Å². The zero-order chi connectivity index (χ0) is 23.8. The first-order valence-electron chi connectivity index (χ1n) is 10.8. The molecule has 0 radical (unpaired) electrons. The third-order valence-electron chi connectivity index (χ3n) is 5.44. The summed E-state index contributed by atoms with van der Waals surface area (Å²) in [7, 11) is 0. The lowest BCUT2D eigenvalue weighted by Gasteiger charge is -2.07. The van der Waals surface area contributed by atoms with Gasteiger partial charge in [-0.2, -0.15) is 9.50 Å². The highest BCUT2D eigenvalue weighted by molar-refractivity contribution is 7.15. The zero-order valence-corrected chi connectivity index (χ0v) is 19.7. The molecule has 0 aliphatic carbocycles. The van der Waals surface area contributed by atoms with Crippen molar-refractivity contribution in [3.63, 3.8) is 0 Å². The van der Waals surface area contributed by atoms with Crippen molar-refractivity contribution in [3.05, 3.63) is 116 Å². The van der Waals surface area contributed by atoms with E-state index < -0.39 is 0 Å². The second kappa shape index (κ2) is 8.87. The van der Waals surface area contributed by atoms with E-state index in [4.69, 9.17) is 21.6 Å². The molecular weight excluding hydrogens is 478 g/mol. The van der Waals surface area contributed by atoms with Gasteiger partial charge < -0.3 is 0 Å². The van der Waals surface area contributed by atoms with Gasteiger partial charge in [0.05, 0.1) is 15.9 Å². The van der Waals surface area contributed by atoms with Crippen LogP contribution in [0.2, 0.25) is 5.02 Å². The number of aromatic nitrogens is 5. The van der Waals surface area contributed by atoms with Gasteiger partial charge >= 0.3 is 0 Å². The zero-order valence-electron chi connectivity index (χ0n) is 18.2. The minimum absolute atomic E-state index is 0.258. The Kier molecular flexibility index (Phi) is 5.41. The summed E-state index contributed by atoms with van der Waals surface area (Å²) in [6.45, 7) is 0. The Balaban J connectivity index is 1.49. The van der Waals surface area contributed by atoms with Crippen molar-refractivity contribution in [2.24, 2.45) is 0 Å².